The number of hydrogen-bond donors (Lipinski definition) is 1. The Balaban J connectivity index is 2.10. The first kappa shape index (κ1) is 10.5. The Bertz CT molecular complexity index is 379. The largest absolute Gasteiger partial charge is 0.369 e. The lowest BCUT2D eigenvalue weighted by Gasteiger charge is -2.15. The lowest BCUT2D eigenvalue weighted by atomic mass is 9.94. The van der Waals surface area contributed by atoms with Crippen molar-refractivity contribution >= 4 is 17.7 Å². The van der Waals surface area contributed by atoms with Crippen LogP contribution >= 0.6 is 11.8 Å². The molecule has 4 heteroatoms. The topological polar surface area (TPSA) is 56.0 Å². The number of primary amides is 1. The van der Waals surface area contributed by atoms with Gasteiger partial charge in [0.15, 0.2) is 0 Å². The molecule has 0 saturated carbocycles. The summed E-state index contributed by atoms with van der Waals surface area (Å²) in [6, 6.07) is 2.10. The molecule has 1 aliphatic carbocycles. The van der Waals surface area contributed by atoms with Gasteiger partial charge in [-0.15, -0.1) is 0 Å². The molecule has 1 amide bonds. The number of fused-ring (bicyclic) bond motifs is 1. The van der Waals surface area contributed by atoms with Gasteiger partial charge in [-0.05, 0) is 42.9 Å². The molecule has 0 fully saturated rings. The quantitative estimate of drug-likeness (QED) is 0.789. The number of aryl methyl sites for hydroxylation is 2. The Morgan fingerprint density at radius 2 is 2.13 bits per heavy atom. The van der Waals surface area contributed by atoms with E-state index in [1.807, 2.05) is 6.20 Å². The first-order valence-corrected chi connectivity index (χ1v) is 6.13. The van der Waals surface area contributed by atoms with Gasteiger partial charge < -0.3 is 5.73 Å². The van der Waals surface area contributed by atoms with Crippen LogP contribution in [0.25, 0.3) is 0 Å². The van der Waals surface area contributed by atoms with Crippen LogP contribution in [0.5, 0.6) is 0 Å². The van der Waals surface area contributed by atoms with E-state index < -0.39 is 0 Å². The van der Waals surface area contributed by atoms with Gasteiger partial charge in [0.05, 0.1) is 10.8 Å². The fourth-order valence-corrected chi connectivity index (χ4v) is 2.46. The van der Waals surface area contributed by atoms with Crippen molar-refractivity contribution in [1.82, 2.24) is 4.98 Å². The highest BCUT2D eigenvalue weighted by Gasteiger charge is 2.10. The SMILES string of the molecule is NC(=O)CSc1cc2c(cn1)CCCC2. The van der Waals surface area contributed by atoms with Gasteiger partial charge >= 0.3 is 0 Å². The fraction of sp³-hybridized carbons (Fsp3) is 0.455. The summed E-state index contributed by atoms with van der Waals surface area (Å²) in [6.45, 7) is 0. The number of carbonyl (C=O) groups is 1. The Morgan fingerprint density at radius 1 is 1.40 bits per heavy atom. The molecule has 1 aliphatic rings. The second kappa shape index (κ2) is 4.66. The van der Waals surface area contributed by atoms with E-state index >= 15 is 0 Å². The van der Waals surface area contributed by atoms with Gasteiger partial charge in [0.2, 0.25) is 5.91 Å². The number of thioether (sulfide) groups is 1. The Labute approximate surface area is 93.5 Å². The molecule has 0 aliphatic heterocycles. The standard InChI is InChI=1S/C11H14N2OS/c12-10(14)7-15-11-5-8-3-1-2-4-9(8)6-13-11/h5-6H,1-4,7H2,(H2,12,14). The third-order valence-electron chi connectivity index (χ3n) is 2.56. The van der Waals surface area contributed by atoms with E-state index in [1.165, 1.54) is 35.7 Å². The number of pyridine rings is 1. The molecule has 3 nitrogen and oxygen atoms in total. The van der Waals surface area contributed by atoms with Gasteiger partial charge in [-0.2, -0.15) is 0 Å². The number of hydrogen-bond acceptors (Lipinski definition) is 3. The highest BCUT2D eigenvalue weighted by molar-refractivity contribution is 7.99. The molecule has 0 atom stereocenters. The number of nitrogens with two attached hydrogens (primary N) is 1. The summed E-state index contributed by atoms with van der Waals surface area (Å²) in [5.41, 5.74) is 7.85. The lowest BCUT2D eigenvalue weighted by molar-refractivity contribution is -0.115. The molecule has 0 unspecified atom stereocenters. The molecule has 2 rings (SSSR count). The van der Waals surface area contributed by atoms with Crippen LogP contribution in [-0.4, -0.2) is 16.6 Å². The van der Waals surface area contributed by atoms with Crippen molar-refractivity contribution in [1.29, 1.82) is 0 Å². The minimum atomic E-state index is -0.292. The predicted molar refractivity (Wildman–Crippen MR) is 60.8 cm³/mol. The number of rotatable bonds is 3. The molecule has 2 N–H and O–H groups in total. The van der Waals surface area contributed by atoms with Gasteiger partial charge in [-0.1, -0.05) is 11.8 Å². The molecule has 0 spiro atoms. The van der Waals surface area contributed by atoms with Crippen molar-refractivity contribution in [2.45, 2.75) is 30.7 Å². The smallest absolute Gasteiger partial charge is 0.227 e. The van der Waals surface area contributed by atoms with Gasteiger partial charge in [-0.3, -0.25) is 4.79 Å². The Kier molecular flexibility index (Phi) is 3.26. The average molecular weight is 222 g/mol. The Morgan fingerprint density at radius 3 is 2.87 bits per heavy atom. The number of carbonyl (C=O) groups excluding carboxylic acids is 1. The van der Waals surface area contributed by atoms with E-state index in [2.05, 4.69) is 11.1 Å². The minimum Gasteiger partial charge on any atom is -0.369 e. The van der Waals surface area contributed by atoms with Crippen LogP contribution in [0.1, 0.15) is 24.0 Å². The van der Waals surface area contributed by atoms with Crippen molar-refractivity contribution in [2.24, 2.45) is 5.73 Å². The average Bonchev–Trinajstić information content (AvgIpc) is 2.26. The van der Waals surface area contributed by atoms with Crippen LogP contribution in [0.2, 0.25) is 0 Å². The second-order valence-corrected chi connectivity index (χ2v) is 4.75. The van der Waals surface area contributed by atoms with E-state index in [4.69, 9.17) is 5.73 Å². The maximum Gasteiger partial charge on any atom is 0.227 e. The molecule has 1 aromatic rings. The van der Waals surface area contributed by atoms with E-state index in [0.29, 0.717) is 5.75 Å². The van der Waals surface area contributed by atoms with Gasteiger partial charge in [-0.25, -0.2) is 4.98 Å². The molecule has 0 aromatic carbocycles. The van der Waals surface area contributed by atoms with Crippen molar-refractivity contribution in [2.75, 3.05) is 5.75 Å². The van der Waals surface area contributed by atoms with Crippen LogP contribution in [0.3, 0.4) is 0 Å². The summed E-state index contributed by atoms with van der Waals surface area (Å²) in [6.07, 6.45) is 6.75. The van der Waals surface area contributed by atoms with Gasteiger partial charge in [0.25, 0.3) is 0 Å². The minimum absolute atomic E-state index is 0.292. The van der Waals surface area contributed by atoms with Crippen LogP contribution in [0.4, 0.5) is 0 Å². The molecular weight excluding hydrogens is 208 g/mol. The number of aromatic nitrogens is 1. The zero-order valence-electron chi connectivity index (χ0n) is 8.53. The molecular formula is C11H14N2OS. The van der Waals surface area contributed by atoms with Crippen molar-refractivity contribution in [3.05, 3.63) is 23.4 Å². The highest BCUT2D eigenvalue weighted by Crippen LogP contribution is 2.24. The van der Waals surface area contributed by atoms with E-state index in [-0.39, 0.29) is 5.91 Å². The van der Waals surface area contributed by atoms with Crippen molar-refractivity contribution in [3.63, 3.8) is 0 Å². The van der Waals surface area contributed by atoms with Crippen molar-refractivity contribution < 1.29 is 4.79 Å². The molecule has 0 radical (unpaired) electrons. The van der Waals surface area contributed by atoms with Crippen LogP contribution < -0.4 is 5.73 Å². The maximum absolute atomic E-state index is 10.6. The number of amides is 1. The summed E-state index contributed by atoms with van der Waals surface area (Å²) in [4.78, 5) is 15.0. The maximum atomic E-state index is 10.6. The van der Waals surface area contributed by atoms with E-state index in [0.717, 1.165) is 17.9 Å². The Hall–Kier alpha value is -1.03. The summed E-state index contributed by atoms with van der Waals surface area (Å²) in [5.74, 6) is 0.0192. The summed E-state index contributed by atoms with van der Waals surface area (Å²) in [7, 11) is 0. The van der Waals surface area contributed by atoms with E-state index in [1.54, 1.807) is 0 Å². The summed E-state index contributed by atoms with van der Waals surface area (Å²) < 4.78 is 0. The third-order valence-corrected chi connectivity index (χ3v) is 3.51. The first-order valence-electron chi connectivity index (χ1n) is 5.14. The zero-order valence-corrected chi connectivity index (χ0v) is 9.35. The van der Waals surface area contributed by atoms with E-state index in [9.17, 15) is 4.79 Å². The molecule has 1 heterocycles. The molecule has 15 heavy (non-hydrogen) atoms. The van der Waals surface area contributed by atoms with Gasteiger partial charge in [0.1, 0.15) is 0 Å². The lowest BCUT2D eigenvalue weighted by Crippen LogP contribution is -2.13. The molecule has 1 aromatic heterocycles. The van der Waals surface area contributed by atoms with Gasteiger partial charge in [0, 0.05) is 6.20 Å². The monoisotopic (exact) mass is 222 g/mol. The molecule has 0 saturated heterocycles. The summed E-state index contributed by atoms with van der Waals surface area (Å²) in [5, 5.41) is 0.912. The number of nitrogens with zero attached hydrogens (tertiary/aromatic N) is 1. The third kappa shape index (κ3) is 2.72. The highest BCUT2D eigenvalue weighted by atomic mass is 32.2. The normalized spacial score (nSPS) is 14.7. The fourth-order valence-electron chi connectivity index (χ4n) is 1.82. The first-order chi connectivity index (χ1) is 7.25. The molecule has 0 bridgehead atoms. The second-order valence-electron chi connectivity index (χ2n) is 3.75. The predicted octanol–water partition coefficient (Wildman–Crippen LogP) is 1.54. The van der Waals surface area contributed by atoms with Crippen LogP contribution in [0.15, 0.2) is 17.3 Å². The van der Waals surface area contributed by atoms with Crippen LogP contribution in [-0.2, 0) is 17.6 Å². The van der Waals surface area contributed by atoms with Crippen LogP contribution in [0, 0.1) is 0 Å². The summed E-state index contributed by atoms with van der Waals surface area (Å²) >= 11 is 1.42. The van der Waals surface area contributed by atoms with Crippen molar-refractivity contribution in [3.8, 4) is 0 Å². The zero-order chi connectivity index (χ0) is 10.7. The molecule has 80 valence electrons.